The lowest BCUT2D eigenvalue weighted by molar-refractivity contribution is -0.176. The number of rotatable bonds is 8. The maximum atomic E-state index is 12.5. The van der Waals surface area contributed by atoms with E-state index in [1.54, 1.807) is 32.0 Å². The Kier molecular flexibility index (Phi) is 7.49. The highest BCUT2D eigenvalue weighted by molar-refractivity contribution is 6.22. The Balaban J connectivity index is 3.11. The van der Waals surface area contributed by atoms with Crippen LogP contribution >= 0.6 is 0 Å². The van der Waals surface area contributed by atoms with Crippen molar-refractivity contribution in [2.45, 2.75) is 13.8 Å². The monoisotopic (exact) mass is 305 g/mol. The van der Waals surface area contributed by atoms with E-state index in [1.807, 2.05) is 0 Å². The number of hydrogen-bond donors (Lipinski definition) is 1. The summed E-state index contributed by atoms with van der Waals surface area (Å²) in [5, 5.41) is 3.51. The summed E-state index contributed by atoms with van der Waals surface area (Å²) in [5.74, 6) is -1.02. The molecule has 0 saturated heterocycles. The number of aromatic nitrogens is 1. The lowest BCUT2D eigenvalue weighted by Crippen LogP contribution is -2.33. The molecule has 1 aromatic rings. The first-order valence-electron chi connectivity index (χ1n) is 6.93. The lowest BCUT2D eigenvalue weighted by Gasteiger charge is -2.20. The molecular weight excluding hydrogens is 286 g/mol. The standard InChI is InChI=1S/C15H19N3O4/c1-3-18(22-4-2)15(21)12(11-14(20)17-9-10-19)13-7-5-6-8-16-13/h5-8,10-11H,3-4,9H2,1-2H3,(H,17,20). The molecule has 1 heterocycles. The fourth-order valence-corrected chi connectivity index (χ4v) is 1.68. The van der Waals surface area contributed by atoms with Gasteiger partial charge in [0.1, 0.15) is 6.29 Å². The van der Waals surface area contributed by atoms with Crippen LogP contribution in [0.2, 0.25) is 0 Å². The Morgan fingerprint density at radius 3 is 2.68 bits per heavy atom. The average molecular weight is 305 g/mol. The van der Waals surface area contributed by atoms with Crippen molar-refractivity contribution in [3.05, 3.63) is 36.2 Å². The van der Waals surface area contributed by atoms with Crippen LogP contribution in [0.15, 0.2) is 30.5 Å². The van der Waals surface area contributed by atoms with Gasteiger partial charge in [0.05, 0.1) is 24.4 Å². The van der Waals surface area contributed by atoms with Crippen LogP contribution in [0.3, 0.4) is 0 Å². The molecule has 0 saturated carbocycles. The zero-order chi connectivity index (χ0) is 16.4. The average Bonchev–Trinajstić information content (AvgIpc) is 2.55. The van der Waals surface area contributed by atoms with E-state index in [1.165, 1.54) is 6.20 Å². The van der Waals surface area contributed by atoms with Gasteiger partial charge in [0, 0.05) is 18.8 Å². The van der Waals surface area contributed by atoms with Gasteiger partial charge in [0.25, 0.3) is 5.91 Å². The van der Waals surface area contributed by atoms with E-state index in [0.29, 0.717) is 25.1 Å². The van der Waals surface area contributed by atoms with Crippen molar-refractivity contribution in [2.75, 3.05) is 19.7 Å². The molecule has 0 atom stereocenters. The topological polar surface area (TPSA) is 88.6 Å². The van der Waals surface area contributed by atoms with Crippen molar-refractivity contribution < 1.29 is 19.2 Å². The second kappa shape index (κ2) is 9.41. The fourth-order valence-electron chi connectivity index (χ4n) is 1.68. The second-order valence-electron chi connectivity index (χ2n) is 4.10. The molecule has 0 aliphatic rings. The summed E-state index contributed by atoms with van der Waals surface area (Å²) < 4.78 is 0. The highest BCUT2D eigenvalue weighted by Crippen LogP contribution is 2.15. The molecule has 0 bridgehead atoms. The van der Waals surface area contributed by atoms with Gasteiger partial charge in [-0.05, 0) is 26.0 Å². The summed E-state index contributed by atoms with van der Waals surface area (Å²) >= 11 is 0. The Morgan fingerprint density at radius 2 is 2.14 bits per heavy atom. The molecule has 1 aromatic heterocycles. The summed E-state index contributed by atoms with van der Waals surface area (Å²) in [7, 11) is 0. The highest BCUT2D eigenvalue weighted by atomic mass is 16.7. The van der Waals surface area contributed by atoms with E-state index < -0.39 is 11.8 Å². The van der Waals surface area contributed by atoms with Gasteiger partial charge < -0.3 is 10.1 Å². The number of nitrogens with one attached hydrogen (secondary N) is 1. The Labute approximate surface area is 128 Å². The van der Waals surface area contributed by atoms with E-state index in [-0.39, 0.29) is 12.1 Å². The van der Waals surface area contributed by atoms with E-state index in [2.05, 4.69) is 10.3 Å². The van der Waals surface area contributed by atoms with Crippen LogP contribution in [0, 0.1) is 0 Å². The van der Waals surface area contributed by atoms with Crippen molar-refractivity contribution >= 4 is 23.7 Å². The quantitative estimate of drug-likeness (QED) is 0.431. The van der Waals surface area contributed by atoms with Crippen LogP contribution in [-0.4, -0.2) is 47.8 Å². The lowest BCUT2D eigenvalue weighted by atomic mass is 10.1. The van der Waals surface area contributed by atoms with Crippen LogP contribution in [0.4, 0.5) is 0 Å². The van der Waals surface area contributed by atoms with Gasteiger partial charge in [-0.2, -0.15) is 0 Å². The molecular formula is C15H19N3O4. The van der Waals surface area contributed by atoms with Crippen LogP contribution in [0.25, 0.3) is 5.57 Å². The van der Waals surface area contributed by atoms with E-state index in [4.69, 9.17) is 4.84 Å². The number of aldehydes is 1. The van der Waals surface area contributed by atoms with E-state index >= 15 is 0 Å². The first kappa shape index (κ1) is 17.5. The Bertz CT molecular complexity index is 543. The van der Waals surface area contributed by atoms with Gasteiger partial charge in [0.15, 0.2) is 0 Å². The molecule has 0 unspecified atom stereocenters. The molecule has 7 nitrogen and oxygen atoms in total. The third-order valence-corrected chi connectivity index (χ3v) is 2.60. The third kappa shape index (κ3) is 5.10. The maximum absolute atomic E-state index is 12.5. The van der Waals surface area contributed by atoms with Crippen LogP contribution in [-0.2, 0) is 19.2 Å². The van der Waals surface area contributed by atoms with Gasteiger partial charge in [-0.15, -0.1) is 0 Å². The Hall–Kier alpha value is -2.54. The predicted octanol–water partition coefficient (Wildman–Crippen LogP) is 0.580. The zero-order valence-corrected chi connectivity index (χ0v) is 12.6. The first-order chi connectivity index (χ1) is 10.6. The maximum Gasteiger partial charge on any atom is 0.279 e. The number of carbonyl (C=O) groups is 3. The molecule has 1 N–H and O–H groups in total. The van der Waals surface area contributed by atoms with Crippen LogP contribution in [0.1, 0.15) is 19.5 Å². The van der Waals surface area contributed by atoms with Crippen molar-refractivity contribution in [1.29, 1.82) is 0 Å². The SMILES string of the molecule is CCON(CC)C(=O)C(=CC(=O)NCC=O)c1ccccn1. The number of nitrogens with zero attached hydrogens (tertiary/aromatic N) is 2. The molecule has 7 heteroatoms. The van der Waals surface area contributed by atoms with Crippen LogP contribution in [0.5, 0.6) is 0 Å². The van der Waals surface area contributed by atoms with E-state index in [9.17, 15) is 14.4 Å². The third-order valence-electron chi connectivity index (χ3n) is 2.60. The minimum Gasteiger partial charge on any atom is -0.346 e. The van der Waals surface area contributed by atoms with E-state index in [0.717, 1.165) is 11.1 Å². The van der Waals surface area contributed by atoms with Gasteiger partial charge in [-0.1, -0.05) is 6.07 Å². The fraction of sp³-hybridized carbons (Fsp3) is 0.333. The van der Waals surface area contributed by atoms with Gasteiger partial charge in [-0.25, -0.2) is 5.06 Å². The predicted molar refractivity (Wildman–Crippen MR) is 80.3 cm³/mol. The second-order valence-corrected chi connectivity index (χ2v) is 4.10. The zero-order valence-electron chi connectivity index (χ0n) is 12.6. The Morgan fingerprint density at radius 1 is 1.36 bits per heavy atom. The van der Waals surface area contributed by atoms with Crippen molar-refractivity contribution in [3.8, 4) is 0 Å². The number of hydroxylamine groups is 2. The number of amides is 2. The van der Waals surface area contributed by atoms with Crippen LogP contribution < -0.4 is 5.32 Å². The smallest absolute Gasteiger partial charge is 0.279 e. The molecule has 0 aromatic carbocycles. The molecule has 118 valence electrons. The van der Waals surface area contributed by atoms with Crippen molar-refractivity contribution in [2.24, 2.45) is 0 Å². The summed E-state index contributed by atoms with van der Waals surface area (Å²) in [6.07, 6.45) is 3.21. The summed E-state index contributed by atoms with van der Waals surface area (Å²) in [5.41, 5.74) is 0.450. The number of pyridine rings is 1. The van der Waals surface area contributed by atoms with Crippen molar-refractivity contribution in [1.82, 2.24) is 15.4 Å². The summed E-state index contributed by atoms with van der Waals surface area (Å²) in [6.45, 7) is 4.05. The minimum absolute atomic E-state index is 0.0966. The molecule has 0 spiro atoms. The minimum atomic E-state index is -0.548. The number of carbonyl (C=O) groups excluding carboxylic acids is 3. The molecule has 2 amide bonds. The molecule has 0 radical (unpaired) electrons. The number of likely N-dealkylation sites (N-methyl/N-ethyl adjacent to an activating group) is 1. The van der Waals surface area contributed by atoms with Gasteiger partial charge >= 0.3 is 0 Å². The first-order valence-corrected chi connectivity index (χ1v) is 6.93. The molecule has 22 heavy (non-hydrogen) atoms. The molecule has 0 fully saturated rings. The highest BCUT2D eigenvalue weighted by Gasteiger charge is 2.21. The number of hydrogen-bond acceptors (Lipinski definition) is 5. The normalized spacial score (nSPS) is 10.9. The molecule has 0 aliphatic heterocycles. The summed E-state index contributed by atoms with van der Waals surface area (Å²) in [6, 6.07) is 5.04. The molecule has 1 rings (SSSR count). The summed E-state index contributed by atoms with van der Waals surface area (Å²) in [4.78, 5) is 43.9. The van der Waals surface area contributed by atoms with Gasteiger partial charge in [-0.3, -0.25) is 19.4 Å². The molecule has 0 aliphatic carbocycles. The van der Waals surface area contributed by atoms with Gasteiger partial charge in [0.2, 0.25) is 5.91 Å². The largest absolute Gasteiger partial charge is 0.346 e. The van der Waals surface area contributed by atoms with Crippen molar-refractivity contribution in [3.63, 3.8) is 0 Å².